The van der Waals surface area contributed by atoms with Gasteiger partial charge in [-0.05, 0) is 42.6 Å². The van der Waals surface area contributed by atoms with Crippen LogP contribution in [0.1, 0.15) is 5.76 Å². The molecule has 0 amide bonds. The van der Waals surface area contributed by atoms with Crippen LogP contribution in [0.5, 0.6) is 0 Å². The average Bonchev–Trinajstić information content (AvgIpc) is 2.71. The van der Waals surface area contributed by atoms with Gasteiger partial charge in [0.15, 0.2) is 0 Å². The molecule has 0 spiro atoms. The normalized spacial score (nSPS) is 11.1. The molecule has 2 N–H and O–H groups in total. The summed E-state index contributed by atoms with van der Waals surface area (Å²) in [5, 5.41) is 1.03. The van der Waals surface area contributed by atoms with Crippen molar-refractivity contribution < 1.29 is 4.42 Å². The molecule has 4 heteroatoms. The lowest BCUT2D eigenvalue weighted by atomic mass is 10.2. The Balaban J connectivity index is 2.38. The highest BCUT2D eigenvalue weighted by atomic mass is 35.5. The highest BCUT2D eigenvalue weighted by Gasteiger charge is 2.05. The molecule has 0 saturated heterocycles. The third-order valence-corrected chi connectivity index (χ3v) is 2.83. The first-order chi connectivity index (χ1) is 7.70. The van der Waals surface area contributed by atoms with Crippen LogP contribution in [0.25, 0.3) is 17.4 Å². The lowest BCUT2D eigenvalue weighted by molar-refractivity contribution is 0.571. The maximum Gasteiger partial charge on any atom is 0.134 e. The van der Waals surface area contributed by atoms with Crippen molar-refractivity contribution in [3.63, 3.8) is 0 Å². The first-order valence-electron chi connectivity index (χ1n) is 4.64. The van der Waals surface area contributed by atoms with Gasteiger partial charge in [-0.25, -0.2) is 0 Å². The minimum atomic E-state index is 0.506. The Morgan fingerprint density at radius 1 is 1.06 bits per heavy atom. The lowest BCUT2D eigenvalue weighted by Crippen LogP contribution is -1.75. The number of hydrogen-bond donors (Lipinski definition) is 1. The number of halogens is 2. The zero-order valence-corrected chi connectivity index (χ0v) is 9.79. The fourth-order valence-corrected chi connectivity index (χ4v) is 1.64. The second kappa shape index (κ2) is 4.64. The molecule has 0 radical (unpaired) electrons. The van der Waals surface area contributed by atoms with Gasteiger partial charge in [-0.3, -0.25) is 0 Å². The summed E-state index contributed by atoms with van der Waals surface area (Å²) in [6, 6.07) is 9.04. The molecule has 82 valence electrons. The van der Waals surface area contributed by atoms with Crippen molar-refractivity contribution in [3.8, 4) is 11.3 Å². The summed E-state index contributed by atoms with van der Waals surface area (Å²) in [7, 11) is 0. The van der Waals surface area contributed by atoms with Crippen LogP contribution >= 0.6 is 23.2 Å². The maximum absolute atomic E-state index is 5.92. The van der Waals surface area contributed by atoms with Gasteiger partial charge in [0.2, 0.25) is 0 Å². The number of nitrogens with two attached hydrogens (primary N) is 1. The molecule has 16 heavy (non-hydrogen) atoms. The van der Waals surface area contributed by atoms with Crippen LogP contribution in [0.2, 0.25) is 10.0 Å². The minimum absolute atomic E-state index is 0.506. The molecule has 0 bridgehead atoms. The zero-order valence-electron chi connectivity index (χ0n) is 8.28. The van der Waals surface area contributed by atoms with Gasteiger partial charge in [-0.1, -0.05) is 23.2 Å². The summed E-state index contributed by atoms with van der Waals surface area (Å²) in [5.41, 5.74) is 6.15. The minimum Gasteiger partial charge on any atom is -0.457 e. The first-order valence-corrected chi connectivity index (χ1v) is 5.40. The Hall–Kier alpha value is -1.38. The second-order valence-corrected chi connectivity index (χ2v) is 4.00. The van der Waals surface area contributed by atoms with Crippen molar-refractivity contribution >= 4 is 29.3 Å². The van der Waals surface area contributed by atoms with E-state index in [-0.39, 0.29) is 0 Å². The van der Waals surface area contributed by atoms with E-state index >= 15 is 0 Å². The quantitative estimate of drug-likeness (QED) is 0.872. The number of hydrogen-bond acceptors (Lipinski definition) is 2. The smallest absolute Gasteiger partial charge is 0.134 e. The standard InChI is InChI=1S/C12H9Cl2NO/c13-10-3-1-8(7-11(10)14)12-4-2-9(16-12)5-6-15/h1-7H,15H2. The fraction of sp³-hybridized carbons (Fsp3) is 0. The fourth-order valence-electron chi connectivity index (χ4n) is 1.34. The number of furan rings is 1. The second-order valence-electron chi connectivity index (χ2n) is 3.19. The van der Waals surface area contributed by atoms with Gasteiger partial charge < -0.3 is 10.2 Å². The first kappa shape index (κ1) is 11.1. The van der Waals surface area contributed by atoms with Crippen molar-refractivity contribution in [1.82, 2.24) is 0 Å². The molecular weight excluding hydrogens is 245 g/mol. The van der Waals surface area contributed by atoms with E-state index < -0.39 is 0 Å². The molecule has 0 unspecified atom stereocenters. The Labute approximate surface area is 103 Å². The molecule has 0 atom stereocenters. The predicted octanol–water partition coefficient (Wildman–Crippen LogP) is 4.18. The molecule has 0 aliphatic heterocycles. The molecule has 0 aliphatic carbocycles. The van der Waals surface area contributed by atoms with Crippen LogP contribution in [-0.2, 0) is 0 Å². The van der Waals surface area contributed by atoms with Gasteiger partial charge >= 0.3 is 0 Å². The summed E-state index contributed by atoms with van der Waals surface area (Å²) >= 11 is 11.8. The third kappa shape index (κ3) is 2.23. The van der Waals surface area contributed by atoms with Crippen molar-refractivity contribution in [2.75, 3.05) is 0 Å². The molecule has 1 heterocycles. The van der Waals surface area contributed by atoms with E-state index in [2.05, 4.69) is 0 Å². The van der Waals surface area contributed by atoms with E-state index in [1.807, 2.05) is 18.2 Å². The third-order valence-electron chi connectivity index (χ3n) is 2.09. The highest BCUT2D eigenvalue weighted by Crippen LogP contribution is 2.29. The van der Waals surface area contributed by atoms with Crippen LogP contribution in [0.15, 0.2) is 40.9 Å². The topological polar surface area (TPSA) is 39.2 Å². The molecule has 0 aliphatic rings. The maximum atomic E-state index is 5.92. The van der Waals surface area contributed by atoms with Gasteiger partial charge in [0.05, 0.1) is 10.0 Å². The van der Waals surface area contributed by atoms with E-state index in [1.54, 1.807) is 18.2 Å². The van der Waals surface area contributed by atoms with Crippen molar-refractivity contribution in [2.24, 2.45) is 5.73 Å². The summed E-state index contributed by atoms with van der Waals surface area (Å²) in [6.07, 6.45) is 3.11. The van der Waals surface area contributed by atoms with Crippen LogP contribution in [0.3, 0.4) is 0 Å². The van der Waals surface area contributed by atoms with Crippen LogP contribution < -0.4 is 5.73 Å². The average molecular weight is 254 g/mol. The highest BCUT2D eigenvalue weighted by molar-refractivity contribution is 6.42. The van der Waals surface area contributed by atoms with E-state index in [9.17, 15) is 0 Å². The number of rotatable bonds is 2. The molecule has 1 aromatic carbocycles. The monoisotopic (exact) mass is 253 g/mol. The van der Waals surface area contributed by atoms with E-state index in [0.29, 0.717) is 15.8 Å². The largest absolute Gasteiger partial charge is 0.457 e. The zero-order chi connectivity index (χ0) is 11.5. The van der Waals surface area contributed by atoms with Gasteiger partial charge in [-0.2, -0.15) is 0 Å². The molecule has 2 rings (SSSR count). The van der Waals surface area contributed by atoms with Crippen LogP contribution in [0.4, 0.5) is 0 Å². The predicted molar refractivity (Wildman–Crippen MR) is 67.4 cm³/mol. The van der Waals surface area contributed by atoms with Crippen LogP contribution in [0, 0.1) is 0 Å². The SMILES string of the molecule is NC=Cc1ccc(-c2ccc(Cl)c(Cl)c2)o1. The van der Waals surface area contributed by atoms with Gasteiger partial charge in [0.25, 0.3) is 0 Å². The Kier molecular flexibility index (Phi) is 3.22. The molecule has 2 nitrogen and oxygen atoms in total. The van der Waals surface area contributed by atoms with Gasteiger partial charge in [-0.15, -0.1) is 0 Å². The molecular formula is C12H9Cl2NO. The molecule has 0 fully saturated rings. The van der Waals surface area contributed by atoms with Crippen molar-refractivity contribution in [1.29, 1.82) is 0 Å². The van der Waals surface area contributed by atoms with E-state index in [0.717, 1.165) is 11.3 Å². The van der Waals surface area contributed by atoms with Crippen molar-refractivity contribution in [3.05, 3.63) is 52.3 Å². The molecule has 1 aromatic heterocycles. The molecule has 0 saturated carbocycles. The molecule has 2 aromatic rings. The lowest BCUT2D eigenvalue weighted by Gasteiger charge is -1.99. The summed E-state index contributed by atoms with van der Waals surface area (Å²) < 4.78 is 5.54. The Bertz CT molecular complexity index is 532. The summed E-state index contributed by atoms with van der Waals surface area (Å²) in [6.45, 7) is 0. The van der Waals surface area contributed by atoms with Gasteiger partial charge in [0.1, 0.15) is 11.5 Å². The summed E-state index contributed by atoms with van der Waals surface area (Å²) in [5.74, 6) is 1.43. The Morgan fingerprint density at radius 3 is 2.56 bits per heavy atom. The van der Waals surface area contributed by atoms with Gasteiger partial charge in [0, 0.05) is 5.56 Å². The van der Waals surface area contributed by atoms with E-state index in [1.165, 1.54) is 6.20 Å². The van der Waals surface area contributed by atoms with Crippen LogP contribution in [-0.4, -0.2) is 0 Å². The number of benzene rings is 1. The van der Waals surface area contributed by atoms with E-state index in [4.69, 9.17) is 33.4 Å². The van der Waals surface area contributed by atoms with Crippen molar-refractivity contribution in [2.45, 2.75) is 0 Å². The Morgan fingerprint density at radius 2 is 1.88 bits per heavy atom. The summed E-state index contributed by atoms with van der Waals surface area (Å²) in [4.78, 5) is 0.